The average molecular weight is 445 g/mol. The number of carbonyl (C=O) groups excluding carboxylic acids is 1. The van der Waals surface area contributed by atoms with Crippen LogP contribution in [0.2, 0.25) is 5.02 Å². The number of nitrogens with zero attached hydrogens (tertiary/aromatic N) is 1. The van der Waals surface area contributed by atoms with Gasteiger partial charge in [0.25, 0.3) is 5.91 Å². The van der Waals surface area contributed by atoms with E-state index in [1.165, 1.54) is 36.1 Å². The maximum absolute atomic E-state index is 13.3. The molecule has 1 saturated carbocycles. The molecular weight excluding hydrogens is 420 g/mol. The highest BCUT2D eigenvalue weighted by atomic mass is 35.5. The Morgan fingerprint density at radius 2 is 1.87 bits per heavy atom. The number of amides is 1. The lowest BCUT2D eigenvalue weighted by molar-refractivity contribution is 0.0927. The summed E-state index contributed by atoms with van der Waals surface area (Å²) in [6.07, 6.45) is 11.8. The quantitative estimate of drug-likeness (QED) is 0.604. The van der Waals surface area contributed by atoms with Gasteiger partial charge in [-0.25, -0.2) is 4.99 Å². The lowest BCUT2D eigenvalue weighted by Crippen LogP contribution is -2.36. The van der Waals surface area contributed by atoms with Crippen LogP contribution in [0.5, 0.6) is 11.5 Å². The van der Waals surface area contributed by atoms with Crippen molar-refractivity contribution in [2.45, 2.75) is 63.8 Å². The molecule has 2 heterocycles. The number of hydrogen-bond donors (Lipinski definition) is 1. The summed E-state index contributed by atoms with van der Waals surface area (Å²) in [6, 6.07) is 3.87. The zero-order valence-electron chi connectivity index (χ0n) is 16.8. The SMILES string of the molecule is O=C(NC1CCCCC1)c1c(N=Cc2cc3c(cc2Cl)OCO3)sc2c1CCCC2. The van der Waals surface area contributed by atoms with Crippen LogP contribution < -0.4 is 14.8 Å². The van der Waals surface area contributed by atoms with Crippen molar-refractivity contribution in [2.75, 3.05) is 6.79 Å². The first-order valence-electron chi connectivity index (χ1n) is 10.8. The molecular formula is C23H25ClN2O3S. The van der Waals surface area contributed by atoms with Crippen molar-refractivity contribution in [3.63, 3.8) is 0 Å². The van der Waals surface area contributed by atoms with Crippen molar-refractivity contribution in [1.82, 2.24) is 5.32 Å². The van der Waals surface area contributed by atoms with Gasteiger partial charge >= 0.3 is 0 Å². The number of carbonyl (C=O) groups is 1. The zero-order chi connectivity index (χ0) is 20.5. The molecule has 0 radical (unpaired) electrons. The monoisotopic (exact) mass is 444 g/mol. The Morgan fingerprint density at radius 1 is 1.10 bits per heavy atom. The smallest absolute Gasteiger partial charge is 0.254 e. The van der Waals surface area contributed by atoms with E-state index in [4.69, 9.17) is 26.1 Å². The lowest BCUT2D eigenvalue weighted by atomic mass is 9.93. The van der Waals surface area contributed by atoms with Crippen molar-refractivity contribution < 1.29 is 14.3 Å². The van der Waals surface area contributed by atoms with Gasteiger partial charge in [-0.05, 0) is 50.2 Å². The summed E-state index contributed by atoms with van der Waals surface area (Å²) >= 11 is 8.05. The second-order valence-electron chi connectivity index (χ2n) is 8.18. The number of ether oxygens (including phenoxy) is 2. The lowest BCUT2D eigenvalue weighted by Gasteiger charge is -2.23. The first-order chi connectivity index (χ1) is 14.7. The van der Waals surface area contributed by atoms with Crippen LogP contribution in [-0.4, -0.2) is 25.0 Å². The van der Waals surface area contributed by atoms with Crippen LogP contribution in [0, 0.1) is 0 Å². The molecule has 0 spiro atoms. The summed E-state index contributed by atoms with van der Waals surface area (Å²) in [7, 11) is 0. The maximum atomic E-state index is 13.3. The summed E-state index contributed by atoms with van der Waals surface area (Å²) in [5, 5.41) is 4.62. The first kappa shape index (κ1) is 19.9. The van der Waals surface area contributed by atoms with E-state index in [0.29, 0.717) is 16.5 Å². The third kappa shape index (κ3) is 3.95. The van der Waals surface area contributed by atoms with Crippen molar-refractivity contribution in [3.8, 4) is 11.5 Å². The number of fused-ring (bicyclic) bond motifs is 2. The predicted molar refractivity (Wildman–Crippen MR) is 120 cm³/mol. The number of aryl methyl sites for hydroxylation is 1. The van der Waals surface area contributed by atoms with Gasteiger partial charge in [0.05, 0.1) is 10.6 Å². The van der Waals surface area contributed by atoms with Crippen LogP contribution in [0.4, 0.5) is 5.00 Å². The summed E-state index contributed by atoms with van der Waals surface area (Å²) in [4.78, 5) is 19.3. The third-order valence-electron chi connectivity index (χ3n) is 6.13. The molecule has 5 nitrogen and oxygen atoms in total. The Labute approximate surface area is 185 Å². The highest BCUT2D eigenvalue weighted by molar-refractivity contribution is 7.16. The predicted octanol–water partition coefficient (Wildman–Crippen LogP) is 5.82. The van der Waals surface area contributed by atoms with Crippen molar-refractivity contribution >= 4 is 40.1 Å². The molecule has 1 aliphatic heterocycles. The number of benzene rings is 1. The molecule has 1 aromatic heterocycles. The molecule has 0 saturated heterocycles. The molecule has 1 aromatic carbocycles. The summed E-state index contributed by atoms with van der Waals surface area (Å²) in [5.74, 6) is 1.35. The van der Waals surface area contributed by atoms with E-state index in [1.54, 1.807) is 23.6 Å². The van der Waals surface area contributed by atoms with Gasteiger partial charge in [-0.3, -0.25) is 4.79 Å². The van der Waals surface area contributed by atoms with Crippen molar-refractivity contribution in [3.05, 3.63) is 38.7 Å². The molecule has 7 heteroatoms. The van der Waals surface area contributed by atoms with Crippen LogP contribution >= 0.6 is 22.9 Å². The van der Waals surface area contributed by atoms with Crippen molar-refractivity contribution in [1.29, 1.82) is 0 Å². The fraction of sp³-hybridized carbons (Fsp3) is 0.478. The number of halogens is 1. The Balaban J connectivity index is 1.45. The molecule has 1 N–H and O–H groups in total. The van der Waals surface area contributed by atoms with Crippen molar-refractivity contribution in [2.24, 2.45) is 4.99 Å². The van der Waals surface area contributed by atoms with Gasteiger partial charge in [0.2, 0.25) is 6.79 Å². The van der Waals surface area contributed by atoms with Gasteiger partial charge in [0, 0.05) is 28.8 Å². The Hall–Kier alpha value is -2.05. The molecule has 3 aliphatic rings. The fourth-order valence-electron chi connectivity index (χ4n) is 4.54. The van der Waals surface area contributed by atoms with Gasteiger partial charge in [-0.15, -0.1) is 11.3 Å². The van der Waals surface area contributed by atoms with Crippen LogP contribution in [0.1, 0.15) is 71.3 Å². The molecule has 5 rings (SSSR count). The second kappa shape index (κ2) is 8.60. The number of rotatable bonds is 4. The third-order valence-corrected chi connectivity index (χ3v) is 7.66. The number of hydrogen-bond acceptors (Lipinski definition) is 5. The van der Waals surface area contributed by atoms with Gasteiger partial charge in [-0.1, -0.05) is 30.9 Å². The Bertz CT molecular complexity index is 995. The van der Waals surface area contributed by atoms with Crippen LogP contribution in [0.25, 0.3) is 0 Å². The minimum atomic E-state index is 0.0326. The minimum absolute atomic E-state index is 0.0326. The molecule has 2 aliphatic carbocycles. The minimum Gasteiger partial charge on any atom is -0.454 e. The molecule has 30 heavy (non-hydrogen) atoms. The van der Waals surface area contributed by atoms with Crippen LogP contribution in [0.3, 0.4) is 0 Å². The van der Waals surface area contributed by atoms with E-state index in [-0.39, 0.29) is 18.7 Å². The van der Waals surface area contributed by atoms with Crippen LogP contribution in [-0.2, 0) is 12.8 Å². The number of nitrogens with one attached hydrogen (secondary N) is 1. The van der Waals surface area contributed by atoms with E-state index >= 15 is 0 Å². The molecule has 0 atom stereocenters. The van der Waals surface area contributed by atoms with Gasteiger partial charge in [-0.2, -0.15) is 0 Å². The topological polar surface area (TPSA) is 59.9 Å². The standard InChI is InChI=1S/C23H25ClN2O3S/c24-17-11-19-18(28-13-29-19)10-14(17)12-25-23-21(16-8-4-5-9-20(16)30-23)22(27)26-15-6-2-1-3-7-15/h10-12,15H,1-9,13H2,(H,26,27). The maximum Gasteiger partial charge on any atom is 0.254 e. The molecule has 2 aromatic rings. The number of aliphatic imine (C=N–C) groups is 1. The van der Waals surface area contributed by atoms with E-state index in [1.807, 2.05) is 6.07 Å². The highest BCUT2D eigenvalue weighted by Crippen LogP contribution is 2.41. The van der Waals surface area contributed by atoms with Crippen LogP contribution in [0.15, 0.2) is 17.1 Å². The number of thiophene rings is 1. The van der Waals surface area contributed by atoms with E-state index < -0.39 is 0 Å². The molecule has 1 amide bonds. The molecule has 1 fully saturated rings. The van der Waals surface area contributed by atoms with Gasteiger partial charge in [0.15, 0.2) is 11.5 Å². The highest BCUT2D eigenvalue weighted by Gasteiger charge is 2.27. The Kier molecular flexibility index (Phi) is 5.70. The molecule has 158 valence electrons. The van der Waals surface area contributed by atoms with E-state index in [9.17, 15) is 4.79 Å². The second-order valence-corrected chi connectivity index (χ2v) is 9.68. The van der Waals surface area contributed by atoms with E-state index in [0.717, 1.165) is 48.2 Å². The summed E-state index contributed by atoms with van der Waals surface area (Å²) in [6.45, 7) is 0.204. The fourth-order valence-corrected chi connectivity index (χ4v) is 5.97. The normalized spacial score (nSPS) is 18.6. The van der Waals surface area contributed by atoms with Gasteiger partial charge < -0.3 is 14.8 Å². The van der Waals surface area contributed by atoms with Gasteiger partial charge in [0.1, 0.15) is 5.00 Å². The molecule has 0 unspecified atom stereocenters. The average Bonchev–Trinajstić information content (AvgIpc) is 3.36. The molecule has 0 bridgehead atoms. The first-order valence-corrected chi connectivity index (χ1v) is 12.0. The zero-order valence-corrected chi connectivity index (χ0v) is 18.4. The summed E-state index contributed by atoms with van der Waals surface area (Å²) < 4.78 is 10.8. The Morgan fingerprint density at radius 3 is 2.70 bits per heavy atom. The van der Waals surface area contributed by atoms with E-state index in [2.05, 4.69) is 5.32 Å². The largest absolute Gasteiger partial charge is 0.454 e. The summed E-state index contributed by atoms with van der Waals surface area (Å²) in [5.41, 5.74) is 2.72.